The van der Waals surface area contributed by atoms with Crippen molar-refractivity contribution < 1.29 is 9.53 Å². The van der Waals surface area contributed by atoms with Crippen LogP contribution in [0.1, 0.15) is 23.1 Å². The molecule has 0 saturated carbocycles. The molecule has 0 bridgehead atoms. The van der Waals surface area contributed by atoms with E-state index in [1.807, 2.05) is 31.2 Å². The van der Waals surface area contributed by atoms with E-state index in [2.05, 4.69) is 20.2 Å². The van der Waals surface area contributed by atoms with Crippen molar-refractivity contribution >= 4 is 23.1 Å². The first-order chi connectivity index (χ1) is 11.1. The van der Waals surface area contributed by atoms with Gasteiger partial charge in [0.15, 0.2) is 5.78 Å². The second-order valence-electron chi connectivity index (χ2n) is 5.52. The number of hydrogen-bond donors (Lipinski definition) is 1. The van der Waals surface area contributed by atoms with E-state index in [9.17, 15) is 4.79 Å². The largest absolute Gasteiger partial charge is 0.378 e. The molecule has 0 atom stereocenters. The summed E-state index contributed by atoms with van der Waals surface area (Å²) in [6, 6.07) is 9.33. The van der Waals surface area contributed by atoms with Crippen LogP contribution in [0, 0.1) is 6.92 Å². The van der Waals surface area contributed by atoms with Crippen LogP contribution in [0.2, 0.25) is 0 Å². The number of nitrogens with zero attached hydrogens (tertiary/aromatic N) is 3. The summed E-state index contributed by atoms with van der Waals surface area (Å²) in [5.74, 6) is 2.37. The van der Waals surface area contributed by atoms with Crippen molar-refractivity contribution in [1.82, 2.24) is 9.97 Å². The monoisotopic (exact) mass is 312 g/mol. The van der Waals surface area contributed by atoms with Crippen LogP contribution in [0.25, 0.3) is 0 Å². The molecule has 3 rings (SSSR count). The minimum Gasteiger partial charge on any atom is -0.378 e. The zero-order valence-corrected chi connectivity index (χ0v) is 13.4. The highest BCUT2D eigenvalue weighted by molar-refractivity contribution is 5.95. The summed E-state index contributed by atoms with van der Waals surface area (Å²) in [7, 11) is 0. The van der Waals surface area contributed by atoms with Gasteiger partial charge in [-0.2, -0.15) is 0 Å². The molecule has 1 aromatic heterocycles. The lowest BCUT2D eigenvalue weighted by Crippen LogP contribution is -2.36. The summed E-state index contributed by atoms with van der Waals surface area (Å²) in [5.41, 5.74) is 1.51. The van der Waals surface area contributed by atoms with Crippen LogP contribution in [0.4, 0.5) is 17.3 Å². The third-order valence-electron chi connectivity index (χ3n) is 3.70. The highest BCUT2D eigenvalue weighted by atomic mass is 16.5. The Hall–Kier alpha value is -2.47. The lowest BCUT2D eigenvalue weighted by Gasteiger charge is -2.28. The molecule has 120 valence electrons. The lowest BCUT2D eigenvalue weighted by atomic mass is 10.1. The van der Waals surface area contributed by atoms with Crippen molar-refractivity contribution in [3.8, 4) is 0 Å². The fraction of sp³-hybridized carbons (Fsp3) is 0.353. The van der Waals surface area contributed by atoms with Gasteiger partial charge in [0.05, 0.1) is 13.2 Å². The smallest absolute Gasteiger partial charge is 0.159 e. The molecule has 1 aliphatic rings. The molecule has 1 fully saturated rings. The van der Waals surface area contributed by atoms with Crippen LogP contribution in [-0.4, -0.2) is 42.1 Å². The first-order valence-electron chi connectivity index (χ1n) is 7.68. The zero-order valence-electron chi connectivity index (χ0n) is 13.4. The van der Waals surface area contributed by atoms with Gasteiger partial charge in [-0.15, -0.1) is 0 Å². The Labute approximate surface area is 135 Å². The Kier molecular flexibility index (Phi) is 4.52. The van der Waals surface area contributed by atoms with Gasteiger partial charge in [-0.1, -0.05) is 12.1 Å². The van der Waals surface area contributed by atoms with Crippen molar-refractivity contribution in [1.29, 1.82) is 0 Å². The third-order valence-corrected chi connectivity index (χ3v) is 3.70. The summed E-state index contributed by atoms with van der Waals surface area (Å²) in [6.45, 7) is 6.52. The molecule has 6 heteroatoms. The highest BCUT2D eigenvalue weighted by Crippen LogP contribution is 2.21. The molecule has 1 aromatic carbocycles. The number of aromatic nitrogens is 2. The number of aryl methyl sites for hydroxylation is 1. The third kappa shape index (κ3) is 3.84. The van der Waals surface area contributed by atoms with Gasteiger partial charge in [-0.25, -0.2) is 9.97 Å². The molecule has 0 radical (unpaired) electrons. The standard InChI is InChI=1S/C17H20N4O2/c1-12(22)14-4-3-5-15(10-14)20-16-11-17(19-13(2)18-16)21-6-8-23-9-7-21/h3-5,10-11H,6-9H2,1-2H3,(H,18,19,20). The lowest BCUT2D eigenvalue weighted by molar-refractivity contribution is 0.101. The molecule has 6 nitrogen and oxygen atoms in total. The number of ketones is 1. The van der Waals surface area contributed by atoms with E-state index < -0.39 is 0 Å². The Morgan fingerprint density at radius 3 is 2.74 bits per heavy atom. The van der Waals surface area contributed by atoms with E-state index in [4.69, 9.17) is 4.74 Å². The number of carbonyl (C=O) groups is 1. The fourth-order valence-electron chi connectivity index (χ4n) is 2.53. The van der Waals surface area contributed by atoms with Gasteiger partial charge >= 0.3 is 0 Å². The number of Topliss-reactive ketones (excluding diaryl/α,β-unsaturated/α-hetero) is 1. The molecule has 0 amide bonds. The number of hydrogen-bond acceptors (Lipinski definition) is 6. The quantitative estimate of drug-likeness (QED) is 0.875. The minimum atomic E-state index is 0.0431. The number of carbonyl (C=O) groups excluding carboxylic acids is 1. The average Bonchev–Trinajstić information content (AvgIpc) is 2.55. The van der Waals surface area contributed by atoms with E-state index in [-0.39, 0.29) is 5.78 Å². The van der Waals surface area contributed by atoms with Gasteiger partial charge < -0.3 is 15.0 Å². The minimum absolute atomic E-state index is 0.0431. The van der Waals surface area contributed by atoms with Crippen molar-refractivity contribution in [3.05, 3.63) is 41.7 Å². The Morgan fingerprint density at radius 1 is 1.22 bits per heavy atom. The van der Waals surface area contributed by atoms with Gasteiger partial charge in [-0.05, 0) is 26.0 Å². The van der Waals surface area contributed by atoms with Crippen LogP contribution >= 0.6 is 0 Å². The average molecular weight is 312 g/mol. The van der Waals surface area contributed by atoms with Crippen molar-refractivity contribution in [2.24, 2.45) is 0 Å². The summed E-state index contributed by atoms with van der Waals surface area (Å²) in [4.78, 5) is 22.6. The summed E-state index contributed by atoms with van der Waals surface area (Å²) in [5, 5.41) is 3.26. The molecule has 1 saturated heterocycles. The number of anilines is 3. The maximum atomic E-state index is 11.5. The van der Waals surface area contributed by atoms with E-state index in [0.29, 0.717) is 24.6 Å². The second-order valence-corrected chi connectivity index (χ2v) is 5.52. The van der Waals surface area contributed by atoms with Gasteiger partial charge in [0.2, 0.25) is 0 Å². The molecular weight excluding hydrogens is 292 g/mol. The number of rotatable bonds is 4. The molecule has 2 aromatic rings. The maximum absolute atomic E-state index is 11.5. The second kappa shape index (κ2) is 6.75. The van der Waals surface area contributed by atoms with Crippen LogP contribution in [0.5, 0.6) is 0 Å². The Bertz CT molecular complexity index is 711. The van der Waals surface area contributed by atoms with Gasteiger partial charge in [0.25, 0.3) is 0 Å². The number of benzene rings is 1. The van der Waals surface area contributed by atoms with Crippen molar-refractivity contribution in [2.45, 2.75) is 13.8 Å². The van der Waals surface area contributed by atoms with Gasteiger partial charge in [0.1, 0.15) is 17.5 Å². The molecular formula is C17H20N4O2. The predicted octanol–water partition coefficient (Wildman–Crippen LogP) is 2.57. The summed E-state index contributed by atoms with van der Waals surface area (Å²) < 4.78 is 5.38. The van der Waals surface area contributed by atoms with Crippen molar-refractivity contribution in [2.75, 3.05) is 36.5 Å². The molecule has 0 spiro atoms. The van der Waals surface area contributed by atoms with E-state index >= 15 is 0 Å². The first-order valence-corrected chi connectivity index (χ1v) is 7.68. The van der Waals surface area contributed by atoms with Crippen LogP contribution in [0.3, 0.4) is 0 Å². The van der Waals surface area contributed by atoms with Crippen LogP contribution in [-0.2, 0) is 4.74 Å². The molecule has 1 aliphatic heterocycles. The fourth-order valence-corrected chi connectivity index (χ4v) is 2.53. The Morgan fingerprint density at radius 2 is 2.00 bits per heavy atom. The van der Waals surface area contributed by atoms with Crippen LogP contribution in [0.15, 0.2) is 30.3 Å². The highest BCUT2D eigenvalue weighted by Gasteiger charge is 2.14. The SMILES string of the molecule is CC(=O)c1cccc(Nc2cc(N3CCOCC3)nc(C)n2)c1. The zero-order chi connectivity index (χ0) is 16.2. The molecule has 0 aliphatic carbocycles. The van der Waals surface area contributed by atoms with Gasteiger partial charge in [-0.3, -0.25) is 4.79 Å². The molecule has 0 unspecified atom stereocenters. The topological polar surface area (TPSA) is 67.4 Å². The van der Waals surface area contributed by atoms with Crippen LogP contribution < -0.4 is 10.2 Å². The number of nitrogens with one attached hydrogen (secondary N) is 1. The number of morpholine rings is 1. The molecule has 1 N–H and O–H groups in total. The van der Waals surface area contributed by atoms with E-state index in [1.54, 1.807) is 13.0 Å². The maximum Gasteiger partial charge on any atom is 0.159 e. The number of ether oxygens (including phenoxy) is 1. The summed E-state index contributed by atoms with van der Waals surface area (Å²) in [6.07, 6.45) is 0. The normalized spacial score (nSPS) is 14.6. The van der Waals surface area contributed by atoms with E-state index in [1.165, 1.54) is 0 Å². The predicted molar refractivity (Wildman–Crippen MR) is 89.5 cm³/mol. The molecule has 23 heavy (non-hydrogen) atoms. The van der Waals surface area contributed by atoms with E-state index in [0.717, 1.165) is 30.4 Å². The first kappa shape index (κ1) is 15.4. The summed E-state index contributed by atoms with van der Waals surface area (Å²) >= 11 is 0. The molecule has 2 heterocycles. The Balaban J connectivity index is 1.83. The van der Waals surface area contributed by atoms with Gasteiger partial charge in [0, 0.05) is 30.4 Å². The van der Waals surface area contributed by atoms with Crippen molar-refractivity contribution in [3.63, 3.8) is 0 Å².